The van der Waals surface area contributed by atoms with E-state index in [1.54, 1.807) is 0 Å². The van der Waals surface area contributed by atoms with Crippen LogP contribution in [0.4, 0.5) is 0 Å². The van der Waals surface area contributed by atoms with Crippen LogP contribution in [-0.2, 0) is 6.42 Å². The molecular weight excluding hydrogens is 353 g/mol. The van der Waals surface area contributed by atoms with Gasteiger partial charge in [-0.05, 0) is 36.1 Å². The van der Waals surface area contributed by atoms with Crippen LogP contribution in [0.25, 0.3) is 22.0 Å². The maximum atomic E-state index is 13.0. The second-order valence-corrected chi connectivity index (χ2v) is 8.23. The molecule has 0 radical (unpaired) electrons. The van der Waals surface area contributed by atoms with E-state index in [-0.39, 0.29) is 11.2 Å². The lowest BCUT2D eigenvalue weighted by Crippen LogP contribution is -2.28. The van der Waals surface area contributed by atoms with Gasteiger partial charge in [-0.2, -0.15) is 0 Å². The average Bonchev–Trinajstić information content (AvgIpc) is 2.53. The molecule has 1 aliphatic carbocycles. The van der Waals surface area contributed by atoms with Crippen molar-refractivity contribution in [2.24, 2.45) is 5.41 Å². The molecule has 0 aliphatic heterocycles. The number of ketones is 1. The standard InChI is InChI=1S/C21H17Cl2NO/c1-21(2)10-17-20(18(25)11-21)19(13-5-3-4-6-15(13)23)14-9-12(22)7-8-16(14)24-17/h3-9H,10-11H2,1-2H3. The molecule has 0 spiro atoms. The Labute approximate surface area is 156 Å². The number of nitrogens with zero attached hydrogens (tertiary/aromatic N) is 1. The Bertz CT molecular complexity index is 1020. The fraction of sp³-hybridized carbons (Fsp3) is 0.238. The molecule has 1 aromatic heterocycles. The minimum atomic E-state index is -0.0884. The van der Waals surface area contributed by atoms with Crippen molar-refractivity contribution in [2.75, 3.05) is 0 Å². The number of Topliss-reactive ketones (excluding diaryl/α,β-unsaturated/α-hetero) is 1. The summed E-state index contributed by atoms with van der Waals surface area (Å²) in [6.45, 7) is 4.22. The van der Waals surface area contributed by atoms with Gasteiger partial charge in [0, 0.05) is 38.5 Å². The minimum Gasteiger partial charge on any atom is -0.294 e. The summed E-state index contributed by atoms with van der Waals surface area (Å²) in [5.74, 6) is 0.121. The van der Waals surface area contributed by atoms with Gasteiger partial charge in [0.1, 0.15) is 0 Å². The molecule has 2 aromatic carbocycles. The minimum absolute atomic E-state index is 0.0884. The van der Waals surface area contributed by atoms with Gasteiger partial charge in [-0.1, -0.05) is 55.2 Å². The van der Waals surface area contributed by atoms with Crippen molar-refractivity contribution in [3.8, 4) is 11.1 Å². The van der Waals surface area contributed by atoms with E-state index in [1.807, 2.05) is 42.5 Å². The summed E-state index contributed by atoms with van der Waals surface area (Å²) < 4.78 is 0. The molecule has 4 heteroatoms. The van der Waals surface area contributed by atoms with Crippen LogP contribution in [0.15, 0.2) is 42.5 Å². The van der Waals surface area contributed by atoms with E-state index < -0.39 is 0 Å². The molecule has 0 amide bonds. The molecule has 126 valence electrons. The number of hydrogen-bond donors (Lipinski definition) is 0. The Morgan fingerprint density at radius 2 is 1.76 bits per heavy atom. The highest BCUT2D eigenvalue weighted by Crippen LogP contribution is 2.43. The van der Waals surface area contributed by atoms with Gasteiger partial charge >= 0.3 is 0 Å². The molecule has 0 atom stereocenters. The van der Waals surface area contributed by atoms with E-state index in [4.69, 9.17) is 28.2 Å². The molecule has 2 nitrogen and oxygen atoms in total. The fourth-order valence-electron chi connectivity index (χ4n) is 3.70. The Morgan fingerprint density at radius 1 is 1.00 bits per heavy atom. The van der Waals surface area contributed by atoms with Crippen molar-refractivity contribution < 1.29 is 4.79 Å². The summed E-state index contributed by atoms with van der Waals surface area (Å²) >= 11 is 12.7. The number of benzene rings is 2. The van der Waals surface area contributed by atoms with E-state index in [1.165, 1.54) is 0 Å². The molecule has 0 fully saturated rings. The lowest BCUT2D eigenvalue weighted by molar-refractivity contribution is 0.0911. The normalized spacial score (nSPS) is 16.1. The van der Waals surface area contributed by atoms with Crippen LogP contribution >= 0.6 is 23.2 Å². The molecule has 0 saturated heterocycles. The maximum absolute atomic E-state index is 13.0. The zero-order chi connectivity index (χ0) is 17.8. The molecule has 1 aliphatic rings. The molecular formula is C21H17Cl2NO. The summed E-state index contributed by atoms with van der Waals surface area (Å²) in [4.78, 5) is 17.8. The molecule has 0 saturated carbocycles. The summed E-state index contributed by atoms with van der Waals surface area (Å²) in [6, 6.07) is 13.2. The molecule has 25 heavy (non-hydrogen) atoms. The van der Waals surface area contributed by atoms with Gasteiger partial charge in [-0.25, -0.2) is 0 Å². The van der Waals surface area contributed by atoms with Crippen LogP contribution < -0.4 is 0 Å². The topological polar surface area (TPSA) is 30.0 Å². The van der Waals surface area contributed by atoms with Crippen LogP contribution in [0, 0.1) is 5.41 Å². The highest BCUT2D eigenvalue weighted by atomic mass is 35.5. The second kappa shape index (κ2) is 5.82. The zero-order valence-corrected chi connectivity index (χ0v) is 15.6. The average molecular weight is 370 g/mol. The lowest BCUT2D eigenvalue weighted by atomic mass is 9.73. The smallest absolute Gasteiger partial charge is 0.165 e. The first kappa shape index (κ1) is 16.6. The SMILES string of the molecule is CC1(C)CC(=O)c2c(nc3ccc(Cl)cc3c2-c2ccccc2Cl)C1. The van der Waals surface area contributed by atoms with E-state index in [0.29, 0.717) is 22.0 Å². The van der Waals surface area contributed by atoms with Crippen molar-refractivity contribution in [2.45, 2.75) is 26.7 Å². The van der Waals surface area contributed by atoms with Crippen molar-refractivity contribution >= 4 is 39.9 Å². The van der Waals surface area contributed by atoms with E-state index in [0.717, 1.165) is 34.1 Å². The molecule has 0 N–H and O–H groups in total. The van der Waals surface area contributed by atoms with Crippen molar-refractivity contribution in [3.05, 3.63) is 63.8 Å². The zero-order valence-electron chi connectivity index (χ0n) is 14.1. The number of rotatable bonds is 1. The number of carbonyl (C=O) groups is 1. The Hall–Kier alpha value is -1.90. The number of halogens is 2. The molecule has 0 bridgehead atoms. The van der Waals surface area contributed by atoms with Crippen molar-refractivity contribution in [1.82, 2.24) is 4.98 Å². The number of hydrogen-bond acceptors (Lipinski definition) is 2. The van der Waals surface area contributed by atoms with Gasteiger partial charge in [0.25, 0.3) is 0 Å². The number of fused-ring (bicyclic) bond motifs is 2. The van der Waals surface area contributed by atoms with E-state index >= 15 is 0 Å². The van der Waals surface area contributed by atoms with E-state index in [2.05, 4.69) is 13.8 Å². The summed E-state index contributed by atoms with van der Waals surface area (Å²) in [6.07, 6.45) is 1.27. The summed E-state index contributed by atoms with van der Waals surface area (Å²) in [7, 11) is 0. The summed E-state index contributed by atoms with van der Waals surface area (Å²) in [5.41, 5.74) is 4.00. The molecule has 1 heterocycles. The van der Waals surface area contributed by atoms with Crippen molar-refractivity contribution in [3.63, 3.8) is 0 Å². The Kier molecular flexibility index (Phi) is 3.86. The largest absolute Gasteiger partial charge is 0.294 e. The Morgan fingerprint density at radius 3 is 2.52 bits per heavy atom. The Balaban J connectivity index is 2.15. The second-order valence-electron chi connectivity index (χ2n) is 7.39. The fourth-order valence-corrected chi connectivity index (χ4v) is 4.10. The van der Waals surface area contributed by atoms with Gasteiger partial charge in [0.05, 0.1) is 11.2 Å². The predicted octanol–water partition coefficient (Wildman–Crippen LogP) is 6.36. The first-order valence-electron chi connectivity index (χ1n) is 8.26. The monoisotopic (exact) mass is 369 g/mol. The molecule has 4 rings (SSSR count). The lowest BCUT2D eigenvalue weighted by Gasteiger charge is -2.31. The van der Waals surface area contributed by atoms with Crippen LogP contribution in [0.3, 0.4) is 0 Å². The quantitative estimate of drug-likeness (QED) is 0.499. The number of pyridine rings is 1. The van der Waals surface area contributed by atoms with Crippen LogP contribution in [0.2, 0.25) is 10.0 Å². The van der Waals surface area contributed by atoms with Crippen LogP contribution in [-0.4, -0.2) is 10.8 Å². The summed E-state index contributed by atoms with van der Waals surface area (Å²) in [5, 5.41) is 2.10. The first-order valence-corrected chi connectivity index (χ1v) is 9.01. The van der Waals surface area contributed by atoms with Gasteiger partial charge in [-0.3, -0.25) is 9.78 Å². The maximum Gasteiger partial charge on any atom is 0.165 e. The van der Waals surface area contributed by atoms with Gasteiger partial charge < -0.3 is 0 Å². The van der Waals surface area contributed by atoms with E-state index in [9.17, 15) is 4.79 Å². The van der Waals surface area contributed by atoms with Crippen LogP contribution in [0.5, 0.6) is 0 Å². The number of carbonyl (C=O) groups excluding carboxylic acids is 1. The highest BCUT2D eigenvalue weighted by Gasteiger charge is 2.35. The third-order valence-electron chi connectivity index (χ3n) is 4.73. The predicted molar refractivity (Wildman–Crippen MR) is 104 cm³/mol. The first-order chi connectivity index (χ1) is 11.9. The van der Waals surface area contributed by atoms with Gasteiger partial charge in [-0.15, -0.1) is 0 Å². The molecule has 0 unspecified atom stereocenters. The van der Waals surface area contributed by atoms with Crippen LogP contribution in [0.1, 0.15) is 36.3 Å². The van der Waals surface area contributed by atoms with Gasteiger partial charge in [0.2, 0.25) is 0 Å². The third-order valence-corrected chi connectivity index (χ3v) is 5.29. The third kappa shape index (κ3) is 2.84. The van der Waals surface area contributed by atoms with Crippen molar-refractivity contribution in [1.29, 1.82) is 0 Å². The number of aromatic nitrogens is 1. The van der Waals surface area contributed by atoms with Gasteiger partial charge in [0.15, 0.2) is 5.78 Å². The highest BCUT2D eigenvalue weighted by molar-refractivity contribution is 6.34. The molecule has 3 aromatic rings.